The van der Waals surface area contributed by atoms with Crippen LogP contribution in [0, 0.1) is 0 Å². The Hall–Kier alpha value is -1.32. The molecule has 0 saturated heterocycles. The quantitative estimate of drug-likeness (QED) is 0.616. The summed E-state index contributed by atoms with van der Waals surface area (Å²) < 4.78 is 30.3. The van der Waals surface area contributed by atoms with Gasteiger partial charge in [0, 0.05) is 11.2 Å². The molecule has 0 saturated carbocycles. The third-order valence-electron chi connectivity index (χ3n) is 3.74. The van der Waals surface area contributed by atoms with Crippen LogP contribution < -0.4 is 4.72 Å². The molecule has 0 unspecified atom stereocenters. The fraction of sp³-hybridized carbons (Fsp3) is 0.250. The van der Waals surface area contributed by atoms with Crippen molar-refractivity contribution in [3.8, 4) is 0 Å². The zero-order valence-electron chi connectivity index (χ0n) is 13.8. The molecule has 0 amide bonds. The summed E-state index contributed by atoms with van der Waals surface area (Å²) in [5.74, 6) is 1.27. The Labute approximate surface area is 166 Å². The molecule has 26 heavy (non-hydrogen) atoms. The highest BCUT2D eigenvalue weighted by Gasteiger charge is 2.26. The highest BCUT2D eigenvalue weighted by Crippen LogP contribution is 2.27. The standard InChI is InChI=1S/C16H16Cl2N4O2S2/c1-25-9-7-13(16-20-19-15-4-2-3-8-22(15)16)21-26(23,24)14-10-11(17)5-6-12(14)18/h2-6,8,10,13,21H,7,9H2,1H3/t13-/m0/s1. The normalized spacial score (nSPS) is 13.2. The van der Waals surface area contributed by atoms with Crippen molar-refractivity contribution in [1.29, 1.82) is 0 Å². The third kappa shape index (κ3) is 4.15. The number of sulfonamides is 1. The van der Waals surface area contributed by atoms with Crippen LogP contribution in [0.2, 0.25) is 10.0 Å². The first-order valence-corrected chi connectivity index (χ1v) is 11.3. The Balaban J connectivity index is 1.99. The average Bonchev–Trinajstić information content (AvgIpc) is 3.04. The van der Waals surface area contributed by atoms with E-state index >= 15 is 0 Å². The molecule has 0 spiro atoms. The first kappa shape index (κ1) is 19.4. The predicted octanol–water partition coefficient (Wildman–Crippen LogP) is 3.81. The fourth-order valence-corrected chi connectivity index (χ4v) is 4.97. The van der Waals surface area contributed by atoms with Gasteiger partial charge in [-0.25, -0.2) is 13.1 Å². The number of nitrogens with one attached hydrogen (secondary N) is 1. The second kappa shape index (κ2) is 8.14. The summed E-state index contributed by atoms with van der Waals surface area (Å²) in [6.45, 7) is 0. The van der Waals surface area contributed by atoms with E-state index in [1.165, 1.54) is 12.1 Å². The number of benzene rings is 1. The molecule has 1 atom stereocenters. The maximum absolute atomic E-state index is 12.9. The number of pyridine rings is 1. The van der Waals surface area contributed by atoms with Crippen molar-refractivity contribution in [1.82, 2.24) is 19.3 Å². The van der Waals surface area contributed by atoms with Crippen molar-refractivity contribution < 1.29 is 8.42 Å². The maximum Gasteiger partial charge on any atom is 0.242 e. The monoisotopic (exact) mass is 430 g/mol. The largest absolute Gasteiger partial charge is 0.285 e. The molecule has 1 aromatic carbocycles. The molecule has 0 radical (unpaired) electrons. The van der Waals surface area contributed by atoms with Crippen molar-refractivity contribution in [3.05, 3.63) is 58.5 Å². The molecular formula is C16H16Cl2N4O2S2. The molecule has 0 bridgehead atoms. The van der Waals surface area contributed by atoms with Gasteiger partial charge in [0.15, 0.2) is 11.5 Å². The molecule has 3 aromatic rings. The smallest absolute Gasteiger partial charge is 0.242 e. The van der Waals surface area contributed by atoms with Crippen molar-refractivity contribution in [3.63, 3.8) is 0 Å². The Morgan fingerprint density at radius 3 is 2.81 bits per heavy atom. The second-order valence-corrected chi connectivity index (χ2v) is 9.03. The molecule has 0 fully saturated rings. The van der Waals surface area contributed by atoms with Gasteiger partial charge in [-0.15, -0.1) is 10.2 Å². The average molecular weight is 431 g/mol. The van der Waals surface area contributed by atoms with Crippen LogP contribution in [0.15, 0.2) is 47.5 Å². The molecule has 1 N–H and O–H groups in total. The summed E-state index contributed by atoms with van der Waals surface area (Å²) in [5.41, 5.74) is 0.650. The zero-order valence-corrected chi connectivity index (χ0v) is 16.9. The van der Waals surface area contributed by atoms with Crippen LogP contribution in [0.5, 0.6) is 0 Å². The lowest BCUT2D eigenvalue weighted by atomic mass is 10.2. The van der Waals surface area contributed by atoms with Gasteiger partial charge in [-0.05, 0) is 48.8 Å². The minimum absolute atomic E-state index is 0.0605. The lowest BCUT2D eigenvalue weighted by Gasteiger charge is -2.18. The molecule has 2 heterocycles. The summed E-state index contributed by atoms with van der Waals surface area (Å²) in [5, 5.41) is 8.69. The molecular weight excluding hydrogens is 415 g/mol. The molecule has 0 aliphatic rings. The van der Waals surface area contributed by atoms with Crippen LogP contribution in [0.1, 0.15) is 18.3 Å². The van der Waals surface area contributed by atoms with E-state index in [4.69, 9.17) is 23.2 Å². The van der Waals surface area contributed by atoms with Crippen LogP contribution in [-0.2, 0) is 10.0 Å². The number of hydrogen-bond acceptors (Lipinski definition) is 5. The van der Waals surface area contributed by atoms with Gasteiger partial charge in [-0.3, -0.25) is 4.40 Å². The third-order valence-corrected chi connectivity index (χ3v) is 6.57. The minimum atomic E-state index is -3.89. The van der Waals surface area contributed by atoms with Crippen LogP contribution in [0.3, 0.4) is 0 Å². The van der Waals surface area contributed by atoms with Crippen LogP contribution in [-0.4, -0.2) is 35.0 Å². The van der Waals surface area contributed by atoms with E-state index in [0.717, 1.165) is 5.75 Å². The number of aromatic nitrogens is 3. The van der Waals surface area contributed by atoms with E-state index in [0.29, 0.717) is 22.9 Å². The van der Waals surface area contributed by atoms with Crippen molar-refractivity contribution in [2.75, 3.05) is 12.0 Å². The number of thioether (sulfide) groups is 1. The van der Waals surface area contributed by atoms with E-state index in [-0.39, 0.29) is 9.92 Å². The number of halogens is 2. The lowest BCUT2D eigenvalue weighted by molar-refractivity contribution is 0.536. The molecule has 0 aliphatic heterocycles. The Kier molecular flexibility index (Phi) is 6.09. The Morgan fingerprint density at radius 1 is 1.23 bits per heavy atom. The minimum Gasteiger partial charge on any atom is -0.285 e. The zero-order chi connectivity index (χ0) is 18.7. The highest BCUT2D eigenvalue weighted by molar-refractivity contribution is 7.98. The van der Waals surface area contributed by atoms with Gasteiger partial charge in [-0.2, -0.15) is 11.8 Å². The summed E-state index contributed by atoms with van der Waals surface area (Å²) >= 11 is 13.6. The number of hydrogen-bond donors (Lipinski definition) is 1. The molecule has 2 aromatic heterocycles. The van der Waals surface area contributed by atoms with Gasteiger partial charge in [-0.1, -0.05) is 29.3 Å². The van der Waals surface area contributed by atoms with Gasteiger partial charge in [0.05, 0.1) is 11.1 Å². The summed E-state index contributed by atoms with van der Waals surface area (Å²) in [7, 11) is -3.89. The Morgan fingerprint density at radius 2 is 2.04 bits per heavy atom. The summed E-state index contributed by atoms with van der Waals surface area (Å²) in [6.07, 6.45) is 4.31. The van der Waals surface area contributed by atoms with E-state index in [9.17, 15) is 8.42 Å². The number of nitrogens with zero attached hydrogens (tertiary/aromatic N) is 3. The molecule has 10 heteroatoms. The van der Waals surface area contributed by atoms with Gasteiger partial charge in [0.2, 0.25) is 10.0 Å². The van der Waals surface area contributed by atoms with Crippen LogP contribution in [0.25, 0.3) is 5.65 Å². The van der Waals surface area contributed by atoms with E-state index in [2.05, 4.69) is 14.9 Å². The van der Waals surface area contributed by atoms with E-state index < -0.39 is 16.1 Å². The van der Waals surface area contributed by atoms with E-state index in [1.807, 2.05) is 24.5 Å². The second-order valence-electron chi connectivity index (χ2n) is 5.52. The van der Waals surface area contributed by atoms with E-state index in [1.54, 1.807) is 28.4 Å². The predicted molar refractivity (Wildman–Crippen MR) is 106 cm³/mol. The SMILES string of the molecule is CSCC[C@H](NS(=O)(=O)c1cc(Cl)ccc1Cl)c1nnc2ccccn12. The first-order valence-electron chi connectivity index (χ1n) is 7.68. The van der Waals surface area contributed by atoms with Crippen molar-refractivity contribution in [2.24, 2.45) is 0 Å². The van der Waals surface area contributed by atoms with Crippen molar-refractivity contribution in [2.45, 2.75) is 17.4 Å². The molecule has 138 valence electrons. The lowest BCUT2D eigenvalue weighted by Crippen LogP contribution is -2.30. The van der Waals surface area contributed by atoms with Crippen LogP contribution >= 0.6 is 35.0 Å². The first-order chi connectivity index (χ1) is 12.4. The van der Waals surface area contributed by atoms with Gasteiger partial charge in [0.25, 0.3) is 0 Å². The Bertz CT molecular complexity index is 1020. The van der Waals surface area contributed by atoms with Gasteiger partial charge in [0.1, 0.15) is 4.90 Å². The number of fused-ring (bicyclic) bond motifs is 1. The highest BCUT2D eigenvalue weighted by atomic mass is 35.5. The molecule has 3 rings (SSSR count). The molecule has 0 aliphatic carbocycles. The number of rotatable bonds is 7. The van der Waals surface area contributed by atoms with Crippen molar-refractivity contribution >= 4 is 50.6 Å². The summed E-state index contributed by atoms with van der Waals surface area (Å²) in [6, 6.07) is 9.28. The fourth-order valence-electron chi connectivity index (χ4n) is 2.51. The topological polar surface area (TPSA) is 76.4 Å². The molecule has 6 nitrogen and oxygen atoms in total. The summed E-state index contributed by atoms with van der Waals surface area (Å²) in [4.78, 5) is -0.0605. The maximum atomic E-state index is 12.9. The van der Waals surface area contributed by atoms with Crippen LogP contribution in [0.4, 0.5) is 0 Å². The van der Waals surface area contributed by atoms with Gasteiger partial charge >= 0.3 is 0 Å². The van der Waals surface area contributed by atoms with Gasteiger partial charge < -0.3 is 0 Å².